The van der Waals surface area contributed by atoms with E-state index in [1.807, 2.05) is 0 Å². The summed E-state index contributed by atoms with van der Waals surface area (Å²) >= 11 is 1.58. The molecule has 56 valence electrons. The second-order valence-corrected chi connectivity index (χ2v) is 2.90. The molecule has 0 radical (unpaired) electrons. The summed E-state index contributed by atoms with van der Waals surface area (Å²) in [5.41, 5.74) is 0. The highest BCUT2D eigenvalue weighted by Gasteiger charge is 1.92. The quantitative estimate of drug-likeness (QED) is 0.294. The van der Waals surface area contributed by atoms with Gasteiger partial charge < -0.3 is 0 Å². The van der Waals surface area contributed by atoms with Gasteiger partial charge in [0, 0.05) is 24.6 Å². The minimum Gasteiger partial charge on any atom is -0.231 e. The monoisotopic (exact) mass is 164 g/mol. The number of hydrogen-bond acceptors (Lipinski definition) is 3. The second kappa shape index (κ2) is 4.75. The van der Waals surface area contributed by atoms with Gasteiger partial charge >= 0.3 is 0 Å². The van der Waals surface area contributed by atoms with Crippen LogP contribution in [0.25, 0.3) is 0 Å². The fourth-order valence-electron chi connectivity index (χ4n) is 0.561. The van der Waals surface area contributed by atoms with Crippen molar-refractivity contribution in [3.63, 3.8) is 0 Å². The van der Waals surface area contributed by atoms with Crippen LogP contribution in [0, 0.1) is 12.3 Å². The van der Waals surface area contributed by atoms with E-state index in [9.17, 15) is 0 Å². The van der Waals surface area contributed by atoms with E-state index in [4.69, 9.17) is 6.42 Å². The lowest BCUT2D eigenvalue weighted by Gasteiger charge is -1.93. The van der Waals surface area contributed by atoms with E-state index in [1.54, 1.807) is 30.2 Å². The van der Waals surface area contributed by atoms with Crippen LogP contribution >= 0.6 is 11.8 Å². The number of hydrogen-bond donors (Lipinski definition) is 0. The first kappa shape index (κ1) is 8.09. The number of nitrogens with zero attached hydrogens (tertiary/aromatic N) is 2. The van der Waals surface area contributed by atoms with Crippen LogP contribution < -0.4 is 0 Å². The Morgan fingerprint density at radius 3 is 2.82 bits per heavy atom. The fourth-order valence-corrected chi connectivity index (χ4v) is 1.23. The summed E-state index contributed by atoms with van der Waals surface area (Å²) in [7, 11) is 0. The largest absolute Gasteiger partial charge is 0.231 e. The highest BCUT2D eigenvalue weighted by molar-refractivity contribution is 7.99. The lowest BCUT2D eigenvalue weighted by Crippen LogP contribution is -1.84. The molecule has 0 saturated carbocycles. The van der Waals surface area contributed by atoms with Crippen molar-refractivity contribution in [3.8, 4) is 12.3 Å². The zero-order chi connectivity index (χ0) is 7.94. The molecule has 1 rings (SSSR count). The summed E-state index contributed by atoms with van der Waals surface area (Å²) < 4.78 is 0. The van der Waals surface area contributed by atoms with Gasteiger partial charge in [-0.05, 0) is 6.07 Å². The third kappa shape index (κ3) is 3.06. The van der Waals surface area contributed by atoms with Gasteiger partial charge in [-0.2, -0.15) is 0 Å². The number of terminal acetylenes is 1. The molecule has 0 saturated heterocycles. The van der Waals surface area contributed by atoms with E-state index in [0.717, 1.165) is 17.3 Å². The first-order chi connectivity index (χ1) is 5.43. The van der Waals surface area contributed by atoms with Gasteiger partial charge in [-0.3, -0.25) is 0 Å². The zero-order valence-electron chi connectivity index (χ0n) is 6.03. The smallest absolute Gasteiger partial charge is 0.187 e. The Labute approximate surface area is 70.5 Å². The summed E-state index contributed by atoms with van der Waals surface area (Å²) in [4.78, 5) is 8.07. The van der Waals surface area contributed by atoms with Gasteiger partial charge in [-0.15, -0.1) is 12.3 Å². The van der Waals surface area contributed by atoms with Crippen molar-refractivity contribution in [2.24, 2.45) is 0 Å². The van der Waals surface area contributed by atoms with Crippen molar-refractivity contribution in [3.05, 3.63) is 18.5 Å². The van der Waals surface area contributed by atoms with E-state index in [1.165, 1.54) is 0 Å². The topological polar surface area (TPSA) is 25.8 Å². The Hall–Kier alpha value is -1.01. The van der Waals surface area contributed by atoms with Crippen LogP contribution in [0.15, 0.2) is 23.6 Å². The summed E-state index contributed by atoms with van der Waals surface area (Å²) in [6.45, 7) is 0. The Kier molecular flexibility index (Phi) is 3.49. The Balaban J connectivity index is 2.35. The molecule has 2 nitrogen and oxygen atoms in total. The molecule has 0 N–H and O–H groups in total. The summed E-state index contributed by atoms with van der Waals surface area (Å²) in [5.74, 6) is 3.45. The van der Waals surface area contributed by atoms with E-state index in [-0.39, 0.29) is 0 Å². The molecule has 0 spiro atoms. The van der Waals surface area contributed by atoms with Crippen LogP contribution in [-0.2, 0) is 0 Å². The molecule has 0 amide bonds. The molecular formula is C8H8N2S. The maximum atomic E-state index is 5.09. The van der Waals surface area contributed by atoms with Gasteiger partial charge in [0.15, 0.2) is 5.16 Å². The summed E-state index contributed by atoms with van der Waals surface area (Å²) in [6.07, 6.45) is 9.31. The summed E-state index contributed by atoms with van der Waals surface area (Å²) in [6, 6.07) is 1.80. The fraction of sp³-hybridized carbons (Fsp3) is 0.250. The first-order valence-corrected chi connectivity index (χ1v) is 4.25. The van der Waals surface area contributed by atoms with Crippen molar-refractivity contribution in [1.82, 2.24) is 9.97 Å². The Morgan fingerprint density at radius 1 is 1.45 bits per heavy atom. The van der Waals surface area contributed by atoms with Crippen molar-refractivity contribution in [2.45, 2.75) is 11.6 Å². The van der Waals surface area contributed by atoms with Crippen molar-refractivity contribution in [2.75, 3.05) is 5.75 Å². The van der Waals surface area contributed by atoms with Crippen LogP contribution in [-0.4, -0.2) is 15.7 Å². The zero-order valence-corrected chi connectivity index (χ0v) is 6.84. The van der Waals surface area contributed by atoms with Crippen molar-refractivity contribution < 1.29 is 0 Å². The molecule has 0 bridgehead atoms. The van der Waals surface area contributed by atoms with Gasteiger partial charge in [0.1, 0.15) is 0 Å². The minimum absolute atomic E-state index is 0.767. The van der Waals surface area contributed by atoms with E-state index in [2.05, 4.69) is 15.9 Å². The molecule has 0 aliphatic heterocycles. The summed E-state index contributed by atoms with van der Waals surface area (Å²) in [5, 5.41) is 0.794. The van der Waals surface area contributed by atoms with Crippen LogP contribution in [0.3, 0.4) is 0 Å². The maximum absolute atomic E-state index is 5.09. The molecule has 0 aromatic carbocycles. The maximum Gasteiger partial charge on any atom is 0.187 e. The van der Waals surface area contributed by atoms with Crippen LogP contribution in [0.2, 0.25) is 0 Å². The normalized spacial score (nSPS) is 9.00. The van der Waals surface area contributed by atoms with E-state index in [0.29, 0.717) is 0 Å². The number of aromatic nitrogens is 2. The van der Waals surface area contributed by atoms with Crippen molar-refractivity contribution >= 4 is 11.8 Å². The SMILES string of the molecule is C#CCCSc1ncccn1. The molecule has 0 aliphatic carbocycles. The second-order valence-electron chi connectivity index (χ2n) is 1.83. The average Bonchev–Trinajstić information content (AvgIpc) is 2.07. The lowest BCUT2D eigenvalue weighted by atomic mass is 10.5. The van der Waals surface area contributed by atoms with Crippen molar-refractivity contribution in [1.29, 1.82) is 0 Å². The molecule has 0 aliphatic rings. The molecule has 11 heavy (non-hydrogen) atoms. The van der Waals surface area contributed by atoms with Gasteiger partial charge in [-0.1, -0.05) is 11.8 Å². The van der Waals surface area contributed by atoms with Crippen LogP contribution in [0.5, 0.6) is 0 Å². The highest BCUT2D eigenvalue weighted by atomic mass is 32.2. The van der Waals surface area contributed by atoms with Gasteiger partial charge in [-0.25, -0.2) is 9.97 Å². The lowest BCUT2D eigenvalue weighted by molar-refractivity contribution is 0.966. The average molecular weight is 164 g/mol. The van der Waals surface area contributed by atoms with Gasteiger partial charge in [0.05, 0.1) is 0 Å². The molecule has 3 heteroatoms. The number of rotatable bonds is 3. The molecule has 1 heterocycles. The first-order valence-electron chi connectivity index (χ1n) is 3.27. The van der Waals surface area contributed by atoms with Gasteiger partial charge in [0.25, 0.3) is 0 Å². The predicted octanol–water partition coefficient (Wildman–Crippen LogP) is 1.59. The molecule has 0 atom stereocenters. The Morgan fingerprint density at radius 2 is 2.18 bits per heavy atom. The van der Waals surface area contributed by atoms with Crippen LogP contribution in [0.4, 0.5) is 0 Å². The third-order valence-corrected chi connectivity index (χ3v) is 1.90. The highest BCUT2D eigenvalue weighted by Crippen LogP contribution is 2.10. The minimum atomic E-state index is 0.767. The Bertz CT molecular complexity index is 240. The molecule has 1 aromatic rings. The third-order valence-electron chi connectivity index (χ3n) is 1.02. The molecular weight excluding hydrogens is 156 g/mol. The predicted molar refractivity (Wildman–Crippen MR) is 46.2 cm³/mol. The van der Waals surface area contributed by atoms with Gasteiger partial charge in [0.2, 0.25) is 0 Å². The van der Waals surface area contributed by atoms with Crippen LogP contribution in [0.1, 0.15) is 6.42 Å². The molecule has 0 fully saturated rings. The van der Waals surface area contributed by atoms with E-state index >= 15 is 0 Å². The number of thioether (sulfide) groups is 1. The standard InChI is InChI=1S/C8H8N2S/c1-2-3-7-11-8-9-5-4-6-10-8/h1,4-6H,3,7H2. The molecule has 0 unspecified atom stereocenters. The molecule has 1 aromatic heterocycles. The van der Waals surface area contributed by atoms with E-state index < -0.39 is 0 Å².